The fourth-order valence-electron chi connectivity index (χ4n) is 3.29. The third-order valence-corrected chi connectivity index (χ3v) is 5.08. The summed E-state index contributed by atoms with van der Waals surface area (Å²) in [7, 11) is 3.59. The number of rotatable bonds is 10. The molecule has 1 aliphatic rings. The van der Waals surface area contributed by atoms with E-state index < -0.39 is 0 Å². The molecule has 158 valence electrons. The van der Waals surface area contributed by atoms with E-state index in [0.717, 1.165) is 44.3 Å². The SMILES string of the molecule is COCCNC(=O)CN1CCN(Cc2ccc(OCc3nccn3C)cc2)CC1. The van der Waals surface area contributed by atoms with Gasteiger partial charge >= 0.3 is 0 Å². The van der Waals surface area contributed by atoms with Crippen LogP contribution < -0.4 is 10.1 Å². The number of aryl methyl sites for hydroxylation is 1. The van der Waals surface area contributed by atoms with Crippen molar-refractivity contribution in [3.8, 4) is 5.75 Å². The fraction of sp³-hybridized carbons (Fsp3) is 0.524. The van der Waals surface area contributed by atoms with Crippen LogP contribution in [0.1, 0.15) is 11.4 Å². The van der Waals surface area contributed by atoms with Gasteiger partial charge in [0.1, 0.15) is 18.2 Å². The molecule has 1 aliphatic heterocycles. The van der Waals surface area contributed by atoms with E-state index in [1.165, 1.54) is 5.56 Å². The molecule has 1 N–H and O–H groups in total. The number of benzene rings is 1. The predicted molar refractivity (Wildman–Crippen MR) is 111 cm³/mol. The van der Waals surface area contributed by atoms with Crippen LogP contribution in [-0.2, 0) is 29.7 Å². The molecule has 0 spiro atoms. The molecule has 8 heteroatoms. The molecule has 1 aromatic heterocycles. The maximum atomic E-state index is 11.9. The highest BCUT2D eigenvalue weighted by Gasteiger charge is 2.18. The minimum absolute atomic E-state index is 0.0663. The average Bonchev–Trinajstić information content (AvgIpc) is 3.14. The van der Waals surface area contributed by atoms with Crippen molar-refractivity contribution in [3.05, 3.63) is 48.0 Å². The van der Waals surface area contributed by atoms with E-state index in [1.54, 1.807) is 13.3 Å². The van der Waals surface area contributed by atoms with Crippen LogP contribution in [0.25, 0.3) is 0 Å². The lowest BCUT2D eigenvalue weighted by Crippen LogP contribution is -2.49. The van der Waals surface area contributed by atoms with E-state index in [2.05, 4.69) is 32.2 Å². The molecule has 0 unspecified atom stereocenters. The van der Waals surface area contributed by atoms with Crippen LogP contribution in [0, 0.1) is 0 Å². The smallest absolute Gasteiger partial charge is 0.234 e. The second-order valence-corrected chi connectivity index (χ2v) is 7.28. The topological polar surface area (TPSA) is 71.9 Å². The zero-order chi connectivity index (χ0) is 20.5. The summed E-state index contributed by atoms with van der Waals surface area (Å²) in [6, 6.07) is 8.25. The maximum absolute atomic E-state index is 11.9. The van der Waals surface area contributed by atoms with Crippen LogP contribution in [0.3, 0.4) is 0 Å². The van der Waals surface area contributed by atoms with Crippen LogP contribution in [-0.4, -0.2) is 78.2 Å². The van der Waals surface area contributed by atoms with Gasteiger partial charge in [-0.1, -0.05) is 12.1 Å². The van der Waals surface area contributed by atoms with E-state index in [4.69, 9.17) is 9.47 Å². The quantitative estimate of drug-likeness (QED) is 0.596. The van der Waals surface area contributed by atoms with Crippen LogP contribution in [0.5, 0.6) is 5.75 Å². The summed E-state index contributed by atoms with van der Waals surface area (Å²) in [6.45, 7) is 6.68. The van der Waals surface area contributed by atoms with Gasteiger partial charge in [0.15, 0.2) is 0 Å². The summed E-state index contributed by atoms with van der Waals surface area (Å²) in [5.74, 6) is 1.82. The van der Waals surface area contributed by atoms with E-state index in [9.17, 15) is 4.79 Å². The van der Waals surface area contributed by atoms with E-state index >= 15 is 0 Å². The highest BCUT2D eigenvalue weighted by Crippen LogP contribution is 2.16. The van der Waals surface area contributed by atoms with Crippen LogP contribution in [0.15, 0.2) is 36.7 Å². The number of hydrogen-bond acceptors (Lipinski definition) is 6. The largest absolute Gasteiger partial charge is 0.486 e. The summed E-state index contributed by atoms with van der Waals surface area (Å²) >= 11 is 0. The summed E-state index contributed by atoms with van der Waals surface area (Å²) in [5, 5.41) is 2.87. The van der Waals surface area contributed by atoms with Crippen molar-refractivity contribution in [2.75, 3.05) is 53.0 Å². The Bertz CT molecular complexity index is 754. The number of ether oxygens (including phenoxy) is 2. The number of hydrogen-bond donors (Lipinski definition) is 1. The van der Waals surface area contributed by atoms with Crippen LogP contribution >= 0.6 is 0 Å². The van der Waals surface area contributed by atoms with Crippen molar-refractivity contribution in [2.24, 2.45) is 7.05 Å². The Morgan fingerprint density at radius 3 is 2.52 bits per heavy atom. The molecule has 0 atom stereocenters. The van der Waals surface area contributed by atoms with Crippen molar-refractivity contribution in [1.29, 1.82) is 0 Å². The second-order valence-electron chi connectivity index (χ2n) is 7.28. The number of nitrogens with one attached hydrogen (secondary N) is 1. The second kappa shape index (κ2) is 10.9. The minimum atomic E-state index is 0.0663. The number of imidazole rings is 1. The van der Waals surface area contributed by atoms with Gasteiger partial charge in [-0.25, -0.2) is 4.98 Å². The van der Waals surface area contributed by atoms with Gasteiger partial charge < -0.3 is 19.4 Å². The van der Waals surface area contributed by atoms with Gasteiger partial charge in [-0.15, -0.1) is 0 Å². The Morgan fingerprint density at radius 1 is 1.14 bits per heavy atom. The lowest BCUT2D eigenvalue weighted by atomic mass is 10.2. The lowest BCUT2D eigenvalue weighted by molar-refractivity contribution is -0.122. The van der Waals surface area contributed by atoms with Gasteiger partial charge in [-0.05, 0) is 17.7 Å². The number of carbonyl (C=O) groups is 1. The normalized spacial score (nSPS) is 15.4. The first-order valence-electron chi connectivity index (χ1n) is 10.0. The summed E-state index contributed by atoms with van der Waals surface area (Å²) in [4.78, 5) is 20.8. The molecule has 2 heterocycles. The van der Waals surface area contributed by atoms with E-state index in [0.29, 0.717) is 26.3 Å². The zero-order valence-electron chi connectivity index (χ0n) is 17.3. The molecule has 3 rings (SSSR count). The third kappa shape index (κ3) is 6.85. The fourth-order valence-corrected chi connectivity index (χ4v) is 3.29. The van der Waals surface area contributed by atoms with Crippen molar-refractivity contribution in [3.63, 3.8) is 0 Å². The lowest BCUT2D eigenvalue weighted by Gasteiger charge is -2.34. The number of piperazine rings is 1. The monoisotopic (exact) mass is 401 g/mol. The predicted octanol–water partition coefficient (Wildman–Crippen LogP) is 0.879. The third-order valence-electron chi connectivity index (χ3n) is 5.08. The number of nitrogens with zero attached hydrogens (tertiary/aromatic N) is 4. The minimum Gasteiger partial charge on any atom is -0.486 e. The number of carbonyl (C=O) groups excluding carboxylic acids is 1. The van der Waals surface area contributed by atoms with Gasteiger partial charge in [0, 0.05) is 65.8 Å². The molecular weight excluding hydrogens is 370 g/mol. The molecule has 8 nitrogen and oxygen atoms in total. The highest BCUT2D eigenvalue weighted by molar-refractivity contribution is 5.78. The van der Waals surface area contributed by atoms with Crippen molar-refractivity contribution in [1.82, 2.24) is 24.7 Å². The molecular formula is C21H31N5O3. The summed E-state index contributed by atoms with van der Waals surface area (Å²) in [5.41, 5.74) is 1.26. The van der Waals surface area contributed by atoms with E-state index in [1.807, 2.05) is 29.9 Å². The molecule has 1 saturated heterocycles. The molecule has 0 saturated carbocycles. The molecule has 1 aromatic carbocycles. The first-order valence-corrected chi connectivity index (χ1v) is 10.0. The van der Waals surface area contributed by atoms with Crippen molar-refractivity contribution in [2.45, 2.75) is 13.2 Å². The van der Waals surface area contributed by atoms with E-state index in [-0.39, 0.29) is 5.91 Å². The average molecular weight is 402 g/mol. The molecule has 2 aromatic rings. The summed E-state index contributed by atoms with van der Waals surface area (Å²) in [6.07, 6.45) is 3.69. The first kappa shape index (κ1) is 21.3. The molecule has 1 fully saturated rings. The number of amides is 1. The molecule has 0 aliphatic carbocycles. The van der Waals surface area contributed by atoms with Crippen LogP contribution in [0.2, 0.25) is 0 Å². The molecule has 0 radical (unpaired) electrons. The van der Waals surface area contributed by atoms with Crippen LogP contribution in [0.4, 0.5) is 0 Å². The Hall–Kier alpha value is -2.42. The standard InChI is InChI=1S/C21H31N5O3/c1-24-9-7-22-20(24)17-29-19-5-3-18(4-6-19)15-25-10-12-26(13-11-25)16-21(27)23-8-14-28-2/h3-7,9H,8,10-17H2,1-2H3,(H,23,27). The van der Waals surface area contributed by atoms with Gasteiger partial charge in [0.25, 0.3) is 0 Å². The maximum Gasteiger partial charge on any atom is 0.234 e. The number of aromatic nitrogens is 2. The summed E-state index contributed by atoms with van der Waals surface area (Å²) < 4.78 is 12.7. The van der Waals surface area contributed by atoms with Crippen molar-refractivity contribution < 1.29 is 14.3 Å². The van der Waals surface area contributed by atoms with Gasteiger partial charge in [0.2, 0.25) is 5.91 Å². The Labute approximate surface area is 172 Å². The first-order chi connectivity index (χ1) is 14.1. The Kier molecular flexibility index (Phi) is 8.03. The van der Waals surface area contributed by atoms with Crippen molar-refractivity contribution >= 4 is 5.91 Å². The Balaban J connectivity index is 1.37. The molecule has 1 amide bonds. The molecule has 29 heavy (non-hydrogen) atoms. The number of methoxy groups -OCH3 is 1. The highest BCUT2D eigenvalue weighted by atomic mass is 16.5. The van der Waals surface area contributed by atoms with Gasteiger partial charge in [-0.2, -0.15) is 0 Å². The van der Waals surface area contributed by atoms with Gasteiger partial charge in [0.05, 0.1) is 13.2 Å². The van der Waals surface area contributed by atoms with Gasteiger partial charge in [-0.3, -0.25) is 14.6 Å². The zero-order valence-corrected chi connectivity index (χ0v) is 17.3. The Morgan fingerprint density at radius 2 is 1.86 bits per heavy atom. The molecule has 0 bridgehead atoms.